The van der Waals surface area contributed by atoms with E-state index in [9.17, 15) is 9.59 Å². The molecule has 114 valence electrons. The Morgan fingerprint density at radius 2 is 2.14 bits per heavy atom. The minimum atomic E-state index is -0.317. The number of urea groups is 1. The third kappa shape index (κ3) is 2.72. The third-order valence-corrected chi connectivity index (χ3v) is 4.29. The first-order valence-corrected chi connectivity index (χ1v) is 7.35. The number of anilines is 1. The van der Waals surface area contributed by atoms with Gasteiger partial charge in [-0.25, -0.2) is 4.79 Å². The molecule has 0 bridgehead atoms. The first kappa shape index (κ1) is 13.9. The molecule has 0 radical (unpaired) electrons. The maximum Gasteiger partial charge on any atom is 0.326 e. The van der Waals surface area contributed by atoms with Crippen molar-refractivity contribution in [3.8, 4) is 0 Å². The summed E-state index contributed by atoms with van der Waals surface area (Å²) in [7, 11) is 0. The van der Waals surface area contributed by atoms with E-state index in [4.69, 9.17) is 4.42 Å². The molecule has 2 fully saturated rings. The van der Waals surface area contributed by atoms with Crippen LogP contribution in [0.25, 0.3) is 0 Å². The molecule has 2 N–H and O–H groups in total. The summed E-state index contributed by atoms with van der Waals surface area (Å²) in [6.45, 7) is 3.70. The molecular formula is C14H20N4O3. The molecule has 7 nitrogen and oxygen atoms in total. The molecule has 0 spiro atoms. The van der Waals surface area contributed by atoms with E-state index in [1.165, 1.54) is 0 Å². The van der Waals surface area contributed by atoms with E-state index in [1.807, 2.05) is 6.92 Å². The smallest absolute Gasteiger partial charge is 0.326 e. The van der Waals surface area contributed by atoms with Crippen molar-refractivity contribution in [3.05, 3.63) is 11.5 Å². The fourth-order valence-electron chi connectivity index (χ4n) is 3.09. The largest absolute Gasteiger partial charge is 0.428 e. The number of aryl methyl sites for hydroxylation is 2. The van der Waals surface area contributed by atoms with E-state index in [0.717, 1.165) is 31.4 Å². The van der Waals surface area contributed by atoms with Gasteiger partial charge in [-0.1, -0.05) is 12.8 Å². The molecule has 1 aliphatic heterocycles. The quantitative estimate of drug-likeness (QED) is 0.822. The second-order valence-electron chi connectivity index (χ2n) is 5.74. The van der Waals surface area contributed by atoms with Crippen LogP contribution in [0.5, 0.6) is 0 Å². The van der Waals surface area contributed by atoms with E-state index >= 15 is 0 Å². The molecule has 1 aromatic rings. The van der Waals surface area contributed by atoms with Crippen LogP contribution in [0, 0.1) is 13.8 Å². The molecule has 2 aliphatic rings. The predicted octanol–water partition coefficient (Wildman–Crippen LogP) is 1.57. The van der Waals surface area contributed by atoms with Gasteiger partial charge in [0.1, 0.15) is 12.3 Å². The SMILES string of the molecule is Cc1nc(NC(=O)N2CC(=O)N[C@@H]3CCCC[C@H]32)oc1C. The van der Waals surface area contributed by atoms with Crippen molar-refractivity contribution >= 4 is 18.0 Å². The van der Waals surface area contributed by atoms with Gasteiger partial charge in [-0.3, -0.25) is 10.1 Å². The number of nitrogens with one attached hydrogen (secondary N) is 2. The first-order valence-electron chi connectivity index (χ1n) is 7.35. The summed E-state index contributed by atoms with van der Waals surface area (Å²) in [5.74, 6) is 0.574. The summed E-state index contributed by atoms with van der Waals surface area (Å²) >= 11 is 0. The molecule has 3 amide bonds. The van der Waals surface area contributed by atoms with Crippen LogP contribution >= 0.6 is 0 Å². The molecule has 3 rings (SSSR count). The highest BCUT2D eigenvalue weighted by Crippen LogP contribution is 2.26. The number of hydrogen-bond donors (Lipinski definition) is 2. The Morgan fingerprint density at radius 3 is 2.86 bits per heavy atom. The monoisotopic (exact) mass is 292 g/mol. The van der Waals surface area contributed by atoms with E-state index in [1.54, 1.807) is 11.8 Å². The van der Waals surface area contributed by atoms with Crippen LogP contribution < -0.4 is 10.6 Å². The number of aromatic nitrogens is 1. The lowest BCUT2D eigenvalue weighted by atomic mass is 9.87. The number of amides is 3. The second-order valence-corrected chi connectivity index (χ2v) is 5.74. The molecule has 1 aromatic heterocycles. The molecule has 1 aliphatic carbocycles. The van der Waals surface area contributed by atoms with Crippen LogP contribution in [0.3, 0.4) is 0 Å². The maximum atomic E-state index is 12.4. The lowest BCUT2D eigenvalue weighted by molar-refractivity contribution is -0.126. The van der Waals surface area contributed by atoms with Gasteiger partial charge in [0.2, 0.25) is 5.91 Å². The maximum absolute atomic E-state index is 12.4. The van der Waals surface area contributed by atoms with E-state index in [0.29, 0.717) is 5.76 Å². The zero-order valence-electron chi connectivity index (χ0n) is 12.3. The van der Waals surface area contributed by atoms with Crippen molar-refractivity contribution in [2.45, 2.75) is 51.6 Å². The van der Waals surface area contributed by atoms with Gasteiger partial charge in [0.25, 0.3) is 0 Å². The molecule has 2 atom stereocenters. The van der Waals surface area contributed by atoms with Crippen molar-refractivity contribution in [3.63, 3.8) is 0 Å². The van der Waals surface area contributed by atoms with Crippen molar-refractivity contribution in [2.24, 2.45) is 0 Å². The zero-order valence-corrected chi connectivity index (χ0v) is 12.3. The molecule has 0 unspecified atom stereocenters. The Kier molecular flexibility index (Phi) is 3.57. The fraction of sp³-hybridized carbons (Fsp3) is 0.643. The molecule has 7 heteroatoms. The number of rotatable bonds is 1. The van der Waals surface area contributed by atoms with Crippen molar-refractivity contribution in [1.29, 1.82) is 0 Å². The van der Waals surface area contributed by atoms with Gasteiger partial charge in [0.05, 0.1) is 11.7 Å². The summed E-state index contributed by atoms with van der Waals surface area (Å²) in [5, 5.41) is 5.64. The lowest BCUT2D eigenvalue weighted by Gasteiger charge is -2.43. The molecule has 2 heterocycles. The Bertz CT molecular complexity index is 549. The summed E-state index contributed by atoms with van der Waals surface area (Å²) in [5.41, 5.74) is 0.747. The molecular weight excluding hydrogens is 272 g/mol. The Hall–Kier alpha value is -2.05. The van der Waals surface area contributed by atoms with E-state index in [2.05, 4.69) is 15.6 Å². The van der Waals surface area contributed by atoms with Crippen LogP contribution in [0.15, 0.2) is 4.42 Å². The van der Waals surface area contributed by atoms with Gasteiger partial charge in [0.15, 0.2) is 0 Å². The number of oxazole rings is 1. The fourth-order valence-corrected chi connectivity index (χ4v) is 3.09. The number of hydrogen-bond acceptors (Lipinski definition) is 4. The third-order valence-electron chi connectivity index (χ3n) is 4.29. The highest BCUT2D eigenvalue weighted by Gasteiger charge is 2.39. The van der Waals surface area contributed by atoms with Gasteiger partial charge in [0, 0.05) is 6.04 Å². The minimum absolute atomic E-state index is 0.0635. The van der Waals surface area contributed by atoms with Gasteiger partial charge in [-0.15, -0.1) is 0 Å². The molecule has 21 heavy (non-hydrogen) atoms. The van der Waals surface area contributed by atoms with E-state index in [-0.39, 0.29) is 36.6 Å². The number of carbonyl (C=O) groups excluding carboxylic acids is 2. The van der Waals surface area contributed by atoms with Crippen molar-refractivity contribution < 1.29 is 14.0 Å². The van der Waals surface area contributed by atoms with Crippen LogP contribution in [-0.4, -0.2) is 40.5 Å². The topological polar surface area (TPSA) is 87.5 Å². The van der Waals surface area contributed by atoms with Crippen molar-refractivity contribution in [1.82, 2.24) is 15.2 Å². The minimum Gasteiger partial charge on any atom is -0.428 e. The normalized spacial score (nSPS) is 25.2. The lowest BCUT2D eigenvalue weighted by Crippen LogP contribution is -2.63. The number of nitrogens with zero attached hydrogens (tertiary/aromatic N) is 2. The number of fused-ring (bicyclic) bond motifs is 1. The summed E-state index contributed by atoms with van der Waals surface area (Å²) in [6, 6.07) is 0.00345. The van der Waals surface area contributed by atoms with E-state index < -0.39 is 0 Å². The summed E-state index contributed by atoms with van der Waals surface area (Å²) in [4.78, 5) is 29.9. The van der Waals surface area contributed by atoms with Crippen LogP contribution in [0.1, 0.15) is 37.1 Å². The standard InChI is InChI=1S/C14H20N4O3/c1-8-9(2)21-13(15-8)17-14(20)18-7-12(19)16-10-5-3-4-6-11(10)18/h10-11H,3-7H2,1-2H3,(H,16,19)(H,15,17,20)/t10-,11-/m1/s1. The first-order chi connectivity index (χ1) is 10.0. The van der Waals surface area contributed by atoms with Crippen LogP contribution in [-0.2, 0) is 4.79 Å². The van der Waals surface area contributed by atoms with Gasteiger partial charge < -0.3 is 14.6 Å². The zero-order chi connectivity index (χ0) is 15.0. The molecule has 1 saturated carbocycles. The van der Waals surface area contributed by atoms with Crippen molar-refractivity contribution in [2.75, 3.05) is 11.9 Å². The average Bonchev–Trinajstić information content (AvgIpc) is 2.76. The van der Waals surface area contributed by atoms with Gasteiger partial charge in [-0.2, -0.15) is 4.98 Å². The Morgan fingerprint density at radius 1 is 1.38 bits per heavy atom. The summed E-state index contributed by atoms with van der Waals surface area (Å²) in [6.07, 6.45) is 4.02. The number of piperazine rings is 1. The van der Waals surface area contributed by atoms with Crippen LogP contribution in [0.2, 0.25) is 0 Å². The predicted molar refractivity (Wildman–Crippen MR) is 75.9 cm³/mol. The van der Waals surface area contributed by atoms with Gasteiger partial charge in [-0.05, 0) is 26.7 Å². The molecule has 0 aromatic carbocycles. The highest BCUT2D eigenvalue weighted by atomic mass is 16.4. The summed E-state index contributed by atoms with van der Waals surface area (Å²) < 4.78 is 5.37. The molecule has 1 saturated heterocycles. The Balaban J connectivity index is 1.74. The van der Waals surface area contributed by atoms with Gasteiger partial charge >= 0.3 is 12.0 Å². The Labute approximate surface area is 123 Å². The average molecular weight is 292 g/mol. The number of carbonyl (C=O) groups is 2. The second kappa shape index (κ2) is 5.38. The van der Waals surface area contributed by atoms with Crippen LogP contribution in [0.4, 0.5) is 10.8 Å². The highest BCUT2D eigenvalue weighted by molar-refractivity contribution is 5.92.